The number of esters is 1. The van der Waals surface area contributed by atoms with Gasteiger partial charge in [0.2, 0.25) is 0 Å². The molecule has 0 fully saturated rings. The molecule has 1 aromatic heterocycles. The van der Waals surface area contributed by atoms with E-state index in [0.29, 0.717) is 39.3 Å². The van der Waals surface area contributed by atoms with E-state index in [1.54, 1.807) is 25.1 Å². The summed E-state index contributed by atoms with van der Waals surface area (Å²) in [7, 11) is 0. The van der Waals surface area contributed by atoms with Crippen molar-refractivity contribution in [2.24, 2.45) is 0 Å². The molecule has 0 saturated heterocycles. The molecule has 0 radical (unpaired) electrons. The summed E-state index contributed by atoms with van der Waals surface area (Å²) in [5.74, 6) is -0.420. The van der Waals surface area contributed by atoms with E-state index in [2.05, 4.69) is 27.7 Å². The second-order valence-corrected chi connectivity index (χ2v) is 9.50. The van der Waals surface area contributed by atoms with Crippen molar-refractivity contribution < 1.29 is 14.3 Å². The first-order chi connectivity index (χ1) is 15.9. The van der Waals surface area contributed by atoms with Gasteiger partial charge in [0, 0.05) is 30.2 Å². The lowest BCUT2D eigenvalue weighted by atomic mass is 10.0. The Hall–Kier alpha value is -2.58. The maximum absolute atomic E-state index is 12.8. The number of thiophene rings is 1. The summed E-state index contributed by atoms with van der Waals surface area (Å²) < 4.78 is 5.29. The molecule has 2 amide bonds. The molecule has 0 atom stereocenters. The molecule has 2 heterocycles. The molecule has 0 unspecified atom stereocenters. The van der Waals surface area contributed by atoms with Crippen LogP contribution in [0.2, 0.25) is 10.0 Å². The van der Waals surface area contributed by atoms with Crippen LogP contribution >= 0.6 is 34.5 Å². The number of carbonyl (C=O) groups excluding carboxylic acids is 2. The topological polar surface area (TPSA) is 70.7 Å². The minimum Gasteiger partial charge on any atom is -0.462 e. The summed E-state index contributed by atoms with van der Waals surface area (Å²) >= 11 is 13.4. The van der Waals surface area contributed by atoms with Crippen LogP contribution in [0.5, 0.6) is 0 Å². The monoisotopic (exact) mass is 503 g/mol. The van der Waals surface area contributed by atoms with Crippen molar-refractivity contribution >= 4 is 57.2 Å². The minimum atomic E-state index is -0.473. The number of nitrogens with one attached hydrogen (secondary N) is 2. The highest BCUT2D eigenvalue weighted by molar-refractivity contribution is 7.17. The van der Waals surface area contributed by atoms with Crippen LogP contribution in [0.25, 0.3) is 0 Å². The molecule has 0 spiro atoms. The third kappa shape index (κ3) is 5.68. The lowest BCUT2D eigenvalue weighted by molar-refractivity contribution is 0.0526. The molecule has 4 rings (SSSR count). The molecule has 1 aliphatic rings. The van der Waals surface area contributed by atoms with Gasteiger partial charge in [-0.2, -0.15) is 0 Å². The number of amides is 2. The zero-order valence-corrected chi connectivity index (χ0v) is 20.3. The van der Waals surface area contributed by atoms with E-state index in [-0.39, 0.29) is 6.61 Å². The number of nitrogens with zero attached hydrogens (tertiary/aromatic N) is 1. The van der Waals surface area contributed by atoms with Gasteiger partial charge in [-0.3, -0.25) is 10.2 Å². The number of halogens is 2. The Morgan fingerprint density at radius 1 is 1.09 bits per heavy atom. The van der Waals surface area contributed by atoms with E-state index in [1.807, 2.05) is 18.2 Å². The summed E-state index contributed by atoms with van der Waals surface area (Å²) in [6.45, 7) is 4.38. The highest BCUT2D eigenvalue weighted by atomic mass is 35.5. The van der Waals surface area contributed by atoms with Gasteiger partial charge in [-0.25, -0.2) is 9.59 Å². The van der Waals surface area contributed by atoms with Crippen LogP contribution in [0, 0.1) is 0 Å². The van der Waals surface area contributed by atoms with Crippen LogP contribution in [0.1, 0.15) is 33.3 Å². The van der Waals surface area contributed by atoms with Crippen molar-refractivity contribution in [1.82, 2.24) is 4.90 Å². The summed E-state index contributed by atoms with van der Waals surface area (Å²) in [5.41, 5.74) is 3.13. The van der Waals surface area contributed by atoms with Gasteiger partial charge in [0.05, 0.1) is 22.2 Å². The Kier molecular flexibility index (Phi) is 7.55. The smallest absolute Gasteiger partial charge is 0.341 e. The van der Waals surface area contributed by atoms with Gasteiger partial charge in [-0.15, -0.1) is 11.3 Å². The Bertz CT molecular complexity index is 1170. The fourth-order valence-electron chi connectivity index (χ4n) is 3.78. The maximum atomic E-state index is 12.8. The SMILES string of the molecule is CCOC(=O)c1c(NC(=O)Nc2ccc(Cl)c(Cl)c2)sc2c1CCN(Cc1ccccc1)C2. The number of rotatable bonds is 6. The van der Waals surface area contributed by atoms with Crippen LogP contribution in [0.3, 0.4) is 0 Å². The molecule has 33 heavy (non-hydrogen) atoms. The Morgan fingerprint density at radius 2 is 1.88 bits per heavy atom. The van der Waals surface area contributed by atoms with E-state index in [1.165, 1.54) is 16.9 Å². The van der Waals surface area contributed by atoms with Crippen molar-refractivity contribution in [1.29, 1.82) is 0 Å². The summed E-state index contributed by atoms with van der Waals surface area (Å²) in [6.07, 6.45) is 0.711. The number of anilines is 2. The number of hydrogen-bond donors (Lipinski definition) is 2. The minimum absolute atomic E-state index is 0.262. The largest absolute Gasteiger partial charge is 0.462 e. The number of carbonyl (C=O) groups is 2. The van der Waals surface area contributed by atoms with Crippen LogP contribution in [-0.2, 0) is 24.2 Å². The molecule has 0 aliphatic carbocycles. The Balaban J connectivity index is 1.54. The quantitative estimate of drug-likeness (QED) is 0.380. The van der Waals surface area contributed by atoms with Gasteiger partial charge < -0.3 is 10.1 Å². The first-order valence-electron chi connectivity index (χ1n) is 10.6. The average Bonchev–Trinajstić information content (AvgIpc) is 3.14. The Morgan fingerprint density at radius 3 is 2.61 bits per heavy atom. The highest BCUT2D eigenvalue weighted by Crippen LogP contribution is 2.38. The van der Waals surface area contributed by atoms with Crippen molar-refractivity contribution in [3.8, 4) is 0 Å². The van der Waals surface area contributed by atoms with E-state index in [4.69, 9.17) is 27.9 Å². The molecular formula is C24H23Cl2N3O3S. The molecule has 172 valence electrons. The van der Waals surface area contributed by atoms with Gasteiger partial charge in [0.15, 0.2) is 0 Å². The number of ether oxygens (including phenoxy) is 1. The van der Waals surface area contributed by atoms with Crippen LogP contribution in [0.15, 0.2) is 48.5 Å². The standard InChI is InChI=1S/C24H23Cl2N3O3S/c1-2-32-23(30)21-17-10-11-29(13-15-6-4-3-5-7-15)14-20(17)33-22(21)28-24(31)27-16-8-9-18(25)19(26)12-16/h3-9,12H,2,10-11,13-14H2,1H3,(H2,27,28,31). The summed E-state index contributed by atoms with van der Waals surface area (Å²) in [4.78, 5) is 28.8. The van der Waals surface area contributed by atoms with Crippen molar-refractivity contribution in [3.05, 3.63) is 80.1 Å². The van der Waals surface area contributed by atoms with Gasteiger partial charge in [-0.05, 0) is 42.7 Å². The van der Waals surface area contributed by atoms with Crippen LogP contribution in [-0.4, -0.2) is 30.1 Å². The average molecular weight is 504 g/mol. The second-order valence-electron chi connectivity index (χ2n) is 7.58. The van der Waals surface area contributed by atoms with Crippen LogP contribution < -0.4 is 10.6 Å². The third-order valence-electron chi connectivity index (χ3n) is 5.27. The molecule has 9 heteroatoms. The number of hydrogen-bond acceptors (Lipinski definition) is 5. The molecule has 6 nitrogen and oxygen atoms in total. The first kappa shape index (κ1) is 23.6. The van der Waals surface area contributed by atoms with E-state index < -0.39 is 12.0 Å². The third-order valence-corrected chi connectivity index (χ3v) is 7.14. The number of benzene rings is 2. The van der Waals surface area contributed by atoms with Crippen molar-refractivity contribution in [3.63, 3.8) is 0 Å². The first-order valence-corrected chi connectivity index (χ1v) is 12.1. The number of fused-ring (bicyclic) bond motifs is 1. The molecule has 3 aromatic rings. The van der Waals surface area contributed by atoms with Gasteiger partial charge in [0.25, 0.3) is 0 Å². The van der Waals surface area contributed by atoms with Gasteiger partial charge >= 0.3 is 12.0 Å². The normalized spacial score (nSPS) is 13.3. The van der Waals surface area contributed by atoms with Crippen molar-refractivity contribution in [2.45, 2.75) is 26.4 Å². The predicted molar refractivity (Wildman–Crippen MR) is 134 cm³/mol. The van der Waals surface area contributed by atoms with Crippen LogP contribution in [0.4, 0.5) is 15.5 Å². The van der Waals surface area contributed by atoms with Crippen molar-refractivity contribution in [2.75, 3.05) is 23.8 Å². The molecule has 2 aromatic carbocycles. The van der Waals surface area contributed by atoms with E-state index >= 15 is 0 Å². The second kappa shape index (κ2) is 10.6. The van der Waals surface area contributed by atoms with E-state index in [0.717, 1.165) is 23.5 Å². The molecule has 0 bridgehead atoms. The van der Waals surface area contributed by atoms with Gasteiger partial charge in [-0.1, -0.05) is 53.5 Å². The molecular weight excluding hydrogens is 481 g/mol. The van der Waals surface area contributed by atoms with Gasteiger partial charge in [0.1, 0.15) is 5.00 Å². The lowest BCUT2D eigenvalue weighted by Crippen LogP contribution is -2.30. The van der Waals surface area contributed by atoms with E-state index in [9.17, 15) is 9.59 Å². The fourth-order valence-corrected chi connectivity index (χ4v) is 5.35. The molecule has 0 saturated carbocycles. The fraction of sp³-hybridized carbons (Fsp3) is 0.250. The summed E-state index contributed by atoms with van der Waals surface area (Å²) in [6, 6.07) is 14.6. The highest BCUT2D eigenvalue weighted by Gasteiger charge is 2.29. The Labute approximate surface area is 206 Å². The zero-order valence-electron chi connectivity index (χ0n) is 18.0. The maximum Gasteiger partial charge on any atom is 0.341 e. The zero-order chi connectivity index (χ0) is 23.4. The summed E-state index contributed by atoms with van der Waals surface area (Å²) in [5, 5.41) is 6.78. The predicted octanol–water partition coefficient (Wildman–Crippen LogP) is 6.43. The lowest BCUT2D eigenvalue weighted by Gasteiger charge is -2.27. The molecule has 2 N–H and O–H groups in total. The number of urea groups is 1. The molecule has 1 aliphatic heterocycles.